The smallest absolute Gasteiger partial charge is 0.319 e. The molecule has 0 bridgehead atoms. The molecular formula is C36H37N5O8. The number of aliphatic carboxylic acids is 1. The lowest BCUT2D eigenvalue weighted by Crippen LogP contribution is -2.46. The number of anilines is 4. The van der Waals surface area contributed by atoms with Crippen molar-refractivity contribution >= 4 is 52.5 Å². The third-order valence-electron chi connectivity index (χ3n) is 7.40. The summed E-state index contributed by atoms with van der Waals surface area (Å²) in [7, 11) is 4.60. The van der Waals surface area contributed by atoms with E-state index in [0.717, 1.165) is 0 Å². The lowest BCUT2D eigenvalue weighted by Gasteiger charge is -2.27. The topological polar surface area (TPSA) is 158 Å². The van der Waals surface area contributed by atoms with Gasteiger partial charge in [0.25, 0.3) is 5.91 Å². The first-order valence-electron chi connectivity index (χ1n) is 15.2. The largest absolute Gasteiger partial charge is 0.495 e. The summed E-state index contributed by atoms with van der Waals surface area (Å²) in [4.78, 5) is 68.3. The molecule has 0 atom stereocenters. The van der Waals surface area contributed by atoms with Gasteiger partial charge in [-0.05, 0) is 54.1 Å². The number of urea groups is 1. The molecule has 4 aromatic rings. The summed E-state index contributed by atoms with van der Waals surface area (Å²) in [6.07, 6.45) is -0.269. The van der Waals surface area contributed by atoms with Crippen molar-refractivity contribution in [3.05, 3.63) is 109 Å². The monoisotopic (exact) mass is 667 g/mol. The molecule has 0 saturated heterocycles. The summed E-state index contributed by atoms with van der Waals surface area (Å²) in [5.74, 6) is -2.02. The number of hydrogen-bond donors (Lipinski definition) is 3. The van der Waals surface area contributed by atoms with E-state index in [9.17, 15) is 24.0 Å². The van der Waals surface area contributed by atoms with Crippen LogP contribution in [0.4, 0.5) is 27.5 Å². The summed E-state index contributed by atoms with van der Waals surface area (Å²) in [6, 6.07) is 28.2. The first-order chi connectivity index (χ1) is 23.6. The van der Waals surface area contributed by atoms with Crippen molar-refractivity contribution in [1.82, 2.24) is 5.32 Å². The molecular weight excluding hydrogens is 630 g/mol. The normalized spacial score (nSPS) is 10.3. The summed E-state index contributed by atoms with van der Waals surface area (Å²) in [6.45, 7) is -1.31. The van der Waals surface area contributed by atoms with Gasteiger partial charge in [0.15, 0.2) is 6.61 Å². The summed E-state index contributed by atoms with van der Waals surface area (Å²) >= 11 is 0. The van der Waals surface area contributed by atoms with Gasteiger partial charge in [0.05, 0.1) is 31.5 Å². The van der Waals surface area contributed by atoms with Crippen LogP contribution in [0.15, 0.2) is 103 Å². The highest BCUT2D eigenvalue weighted by atomic mass is 16.5. The van der Waals surface area contributed by atoms with Crippen LogP contribution in [0.3, 0.4) is 0 Å². The molecule has 0 saturated carbocycles. The Morgan fingerprint density at radius 3 is 1.92 bits per heavy atom. The zero-order chi connectivity index (χ0) is 35.3. The fourth-order valence-corrected chi connectivity index (χ4v) is 4.73. The summed E-state index contributed by atoms with van der Waals surface area (Å²) in [5.41, 5.74) is 2.12. The molecule has 0 heterocycles. The Bertz CT molecular complexity index is 1780. The zero-order valence-electron chi connectivity index (χ0n) is 27.3. The molecule has 3 N–H and O–H groups in total. The molecule has 13 nitrogen and oxygen atoms in total. The number of methoxy groups -OCH3 is 1. The average molecular weight is 668 g/mol. The van der Waals surface area contributed by atoms with Crippen molar-refractivity contribution in [2.75, 3.05) is 60.9 Å². The maximum atomic E-state index is 13.8. The molecule has 254 valence electrons. The minimum atomic E-state index is -1.05. The maximum Gasteiger partial charge on any atom is 0.319 e. The Labute approximate surface area is 283 Å². The van der Waals surface area contributed by atoms with Gasteiger partial charge in [-0.3, -0.25) is 24.1 Å². The van der Waals surface area contributed by atoms with Crippen LogP contribution in [0.25, 0.3) is 0 Å². The molecule has 0 aliphatic heterocycles. The standard InChI is InChI=1S/C36H37N5O8/c1-39(26-12-6-4-7-13-26)33(43)23-41(29-16-10-11-17-31(29)49-24-34(44)40(2)27-14-8-5-9-15-27)32(42)22-37-36(47)38-28-20-25(21-35(45)46)18-19-30(28)48-3/h4-20H,21-24H2,1-3H3,(H,45,46)(H2,37,38,47). The van der Waals surface area contributed by atoms with E-state index in [1.807, 2.05) is 24.3 Å². The summed E-state index contributed by atoms with van der Waals surface area (Å²) in [5, 5.41) is 14.2. The van der Waals surface area contributed by atoms with E-state index in [1.165, 1.54) is 33.9 Å². The van der Waals surface area contributed by atoms with Crippen LogP contribution in [0.2, 0.25) is 0 Å². The third-order valence-corrected chi connectivity index (χ3v) is 7.40. The highest BCUT2D eigenvalue weighted by molar-refractivity contribution is 6.06. The Kier molecular flexibility index (Phi) is 12.3. The molecule has 4 rings (SSSR count). The molecule has 0 spiro atoms. The first-order valence-corrected chi connectivity index (χ1v) is 15.2. The molecule has 5 amide bonds. The number of nitrogens with zero attached hydrogens (tertiary/aromatic N) is 3. The highest BCUT2D eigenvalue weighted by Crippen LogP contribution is 2.29. The second kappa shape index (κ2) is 17.0. The lowest BCUT2D eigenvalue weighted by molar-refractivity contribution is -0.136. The number of ether oxygens (including phenoxy) is 2. The SMILES string of the molecule is COc1ccc(CC(=O)O)cc1NC(=O)NCC(=O)N(CC(=O)N(C)c1ccccc1)c1ccccc1OCC(=O)N(C)c1ccccc1. The van der Waals surface area contributed by atoms with Crippen molar-refractivity contribution in [2.45, 2.75) is 6.42 Å². The molecule has 0 aromatic heterocycles. The number of benzene rings is 4. The number of nitrogens with one attached hydrogen (secondary N) is 2. The average Bonchev–Trinajstić information content (AvgIpc) is 3.12. The number of hydrogen-bond acceptors (Lipinski definition) is 7. The quantitative estimate of drug-likeness (QED) is 0.181. The van der Waals surface area contributed by atoms with Gasteiger partial charge < -0.3 is 35.0 Å². The zero-order valence-corrected chi connectivity index (χ0v) is 27.3. The van der Waals surface area contributed by atoms with Crippen LogP contribution in [-0.4, -0.2) is 75.7 Å². The van der Waals surface area contributed by atoms with Gasteiger partial charge in [0, 0.05) is 25.5 Å². The van der Waals surface area contributed by atoms with Gasteiger partial charge in [0.1, 0.15) is 18.0 Å². The third kappa shape index (κ3) is 9.81. The first kappa shape index (κ1) is 35.5. The number of carbonyl (C=O) groups excluding carboxylic acids is 4. The molecule has 0 fully saturated rings. The number of carboxylic acids is 1. The molecule has 13 heteroatoms. The van der Waals surface area contributed by atoms with E-state index < -0.39 is 36.9 Å². The van der Waals surface area contributed by atoms with Crippen LogP contribution in [0, 0.1) is 0 Å². The molecule has 0 radical (unpaired) electrons. The Morgan fingerprint density at radius 2 is 1.31 bits per heavy atom. The van der Waals surface area contributed by atoms with Gasteiger partial charge in [-0.25, -0.2) is 4.79 Å². The van der Waals surface area contributed by atoms with Crippen LogP contribution >= 0.6 is 0 Å². The fourth-order valence-electron chi connectivity index (χ4n) is 4.73. The molecule has 0 aliphatic carbocycles. The maximum absolute atomic E-state index is 13.8. The van der Waals surface area contributed by atoms with Gasteiger partial charge in [0.2, 0.25) is 11.8 Å². The number of likely N-dealkylation sites (N-methyl/N-ethyl adjacent to an activating group) is 2. The highest BCUT2D eigenvalue weighted by Gasteiger charge is 2.26. The number of para-hydroxylation sites is 4. The van der Waals surface area contributed by atoms with E-state index in [-0.39, 0.29) is 41.8 Å². The molecule has 4 aromatic carbocycles. The fraction of sp³-hybridized carbons (Fsp3) is 0.194. The number of rotatable bonds is 14. The minimum Gasteiger partial charge on any atom is -0.495 e. The number of carbonyl (C=O) groups is 5. The second-order valence-corrected chi connectivity index (χ2v) is 10.7. The molecule has 0 unspecified atom stereocenters. The van der Waals surface area contributed by atoms with E-state index in [2.05, 4.69) is 10.6 Å². The van der Waals surface area contributed by atoms with E-state index in [4.69, 9.17) is 14.6 Å². The van der Waals surface area contributed by atoms with Crippen molar-refractivity contribution in [3.63, 3.8) is 0 Å². The van der Waals surface area contributed by atoms with Gasteiger partial charge >= 0.3 is 12.0 Å². The Morgan fingerprint density at radius 1 is 0.714 bits per heavy atom. The number of carboxylic acid groups (broad SMARTS) is 1. The van der Waals surface area contributed by atoms with Crippen molar-refractivity contribution in [2.24, 2.45) is 0 Å². The van der Waals surface area contributed by atoms with Gasteiger partial charge in [-0.2, -0.15) is 0 Å². The summed E-state index contributed by atoms with van der Waals surface area (Å²) < 4.78 is 11.2. The molecule has 49 heavy (non-hydrogen) atoms. The van der Waals surface area contributed by atoms with Crippen molar-refractivity contribution in [1.29, 1.82) is 0 Å². The van der Waals surface area contributed by atoms with E-state index >= 15 is 0 Å². The lowest BCUT2D eigenvalue weighted by atomic mass is 10.1. The van der Waals surface area contributed by atoms with Crippen LogP contribution in [0.1, 0.15) is 5.56 Å². The molecule has 0 aliphatic rings. The number of amides is 5. The predicted molar refractivity (Wildman–Crippen MR) is 185 cm³/mol. The van der Waals surface area contributed by atoms with Gasteiger partial charge in [-0.15, -0.1) is 0 Å². The van der Waals surface area contributed by atoms with Gasteiger partial charge in [-0.1, -0.05) is 54.6 Å². The minimum absolute atomic E-state index is 0.172. The van der Waals surface area contributed by atoms with Crippen LogP contribution < -0.4 is 34.8 Å². The van der Waals surface area contributed by atoms with Crippen LogP contribution in [0.5, 0.6) is 11.5 Å². The van der Waals surface area contributed by atoms with E-state index in [1.54, 1.807) is 80.8 Å². The van der Waals surface area contributed by atoms with E-state index in [0.29, 0.717) is 16.9 Å². The Balaban J connectivity index is 1.53. The van der Waals surface area contributed by atoms with Crippen LogP contribution in [-0.2, 0) is 25.6 Å². The predicted octanol–water partition coefficient (Wildman–Crippen LogP) is 4.18. The second-order valence-electron chi connectivity index (χ2n) is 10.7. The van der Waals surface area contributed by atoms with Crippen molar-refractivity contribution in [3.8, 4) is 11.5 Å². The Hall–Kier alpha value is -6.37. The van der Waals surface area contributed by atoms with Crippen molar-refractivity contribution < 1.29 is 38.6 Å².